The SMILES string of the molecule is O=C(O)c1ccc(NCc2ccc(F)cc2Br)cc1. The van der Waals surface area contributed by atoms with Gasteiger partial charge in [-0.25, -0.2) is 9.18 Å². The van der Waals surface area contributed by atoms with Crippen molar-refractivity contribution in [1.82, 2.24) is 0 Å². The van der Waals surface area contributed by atoms with Gasteiger partial charge in [0.05, 0.1) is 5.56 Å². The number of carboxylic acid groups (broad SMARTS) is 1. The second kappa shape index (κ2) is 5.84. The highest BCUT2D eigenvalue weighted by Crippen LogP contribution is 2.19. The van der Waals surface area contributed by atoms with E-state index in [-0.39, 0.29) is 11.4 Å². The zero-order valence-electron chi connectivity index (χ0n) is 9.86. The lowest BCUT2D eigenvalue weighted by Gasteiger charge is -2.08. The fraction of sp³-hybridized carbons (Fsp3) is 0.0714. The molecule has 0 aliphatic heterocycles. The maximum absolute atomic E-state index is 12.9. The number of halogens is 2. The van der Waals surface area contributed by atoms with E-state index in [0.29, 0.717) is 11.0 Å². The fourth-order valence-corrected chi connectivity index (χ4v) is 2.08. The van der Waals surface area contributed by atoms with E-state index in [1.54, 1.807) is 18.2 Å². The number of hydrogen-bond acceptors (Lipinski definition) is 2. The highest BCUT2D eigenvalue weighted by molar-refractivity contribution is 9.10. The predicted molar refractivity (Wildman–Crippen MR) is 74.8 cm³/mol. The molecule has 0 saturated carbocycles. The van der Waals surface area contributed by atoms with Crippen molar-refractivity contribution in [3.8, 4) is 0 Å². The zero-order valence-corrected chi connectivity index (χ0v) is 11.4. The topological polar surface area (TPSA) is 49.3 Å². The van der Waals surface area contributed by atoms with Crippen LogP contribution in [0.15, 0.2) is 46.9 Å². The Morgan fingerprint density at radius 3 is 2.47 bits per heavy atom. The number of rotatable bonds is 4. The molecular weight excluding hydrogens is 313 g/mol. The van der Waals surface area contributed by atoms with E-state index < -0.39 is 5.97 Å². The molecule has 0 amide bonds. The number of hydrogen-bond donors (Lipinski definition) is 2. The molecule has 0 unspecified atom stereocenters. The monoisotopic (exact) mass is 323 g/mol. The van der Waals surface area contributed by atoms with Gasteiger partial charge in [-0.15, -0.1) is 0 Å². The molecule has 0 aromatic heterocycles. The number of benzene rings is 2. The van der Waals surface area contributed by atoms with E-state index in [9.17, 15) is 9.18 Å². The van der Waals surface area contributed by atoms with Crippen molar-refractivity contribution in [2.75, 3.05) is 5.32 Å². The summed E-state index contributed by atoms with van der Waals surface area (Å²) in [7, 11) is 0. The molecule has 98 valence electrons. The van der Waals surface area contributed by atoms with E-state index in [1.165, 1.54) is 24.3 Å². The van der Waals surface area contributed by atoms with Crippen molar-refractivity contribution < 1.29 is 14.3 Å². The molecule has 0 heterocycles. The van der Waals surface area contributed by atoms with E-state index in [2.05, 4.69) is 21.2 Å². The molecule has 0 atom stereocenters. The summed E-state index contributed by atoms with van der Waals surface area (Å²) in [4.78, 5) is 10.7. The van der Waals surface area contributed by atoms with Gasteiger partial charge < -0.3 is 10.4 Å². The minimum Gasteiger partial charge on any atom is -0.478 e. The molecule has 0 spiro atoms. The molecule has 0 aliphatic rings. The average molecular weight is 324 g/mol. The number of carbonyl (C=O) groups is 1. The third kappa shape index (κ3) is 3.54. The van der Waals surface area contributed by atoms with Gasteiger partial charge in [0, 0.05) is 16.7 Å². The third-order valence-corrected chi connectivity index (χ3v) is 3.37. The van der Waals surface area contributed by atoms with Crippen LogP contribution in [0.1, 0.15) is 15.9 Å². The first kappa shape index (κ1) is 13.5. The van der Waals surface area contributed by atoms with Crippen LogP contribution >= 0.6 is 15.9 Å². The van der Waals surface area contributed by atoms with E-state index in [0.717, 1.165) is 11.3 Å². The minimum atomic E-state index is -0.951. The molecule has 0 radical (unpaired) electrons. The van der Waals surface area contributed by atoms with Crippen LogP contribution in [-0.4, -0.2) is 11.1 Å². The molecule has 0 aliphatic carbocycles. The smallest absolute Gasteiger partial charge is 0.335 e. The Bertz CT molecular complexity index is 599. The van der Waals surface area contributed by atoms with Crippen molar-refractivity contribution in [1.29, 1.82) is 0 Å². The summed E-state index contributed by atoms with van der Waals surface area (Å²) in [6, 6.07) is 11.0. The molecule has 2 rings (SSSR count). The summed E-state index contributed by atoms with van der Waals surface area (Å²) in [5.41, 5.74) is 1.97. The number of carboxylic acids is 1. The van der Waals surface area contributed by atoms with Gasteiger partial charge in [-0.3, -0.25) is 0 Å². The third-order valence-electron chi connectivity index (χ3n) is 2.63. The van der Waals surface area contributed by atoms with Crippen LogP contribution < -0.4 is 5.32 Å². The Morgan fingerprint density at radius 2 is 1.89 bits per heavy atom. The quantitative estimate of drug-likeness (QED) is 0.897. The summed E-state index contributed by atoms with van der Waals surface area (Å²) < 4.78 is 13.6. The molecule has 0 bridgehead atoms. The molecule has 0 fully saturated rings. The van der Waals surface area contributed by atoms with E-state index in [4.69, 9.17) is 5.11 Å². The van der Waals surface area contributed by atoms with Crippen molar-refractivity contribution in [3.63, 3.8) is 0 Å². The van der Waals surface area contributed by atoms with Gasteiger partial charge in [-0.05, 0) is 42.0 Å². The fourth-order valence-electron chi connectivity index (χ4n) is 1.59. The van der Waals surface area contributed by atoms with Gasteiger partial charge in [0.1, 0.15) is 5.82 Å². The Hall–Kier alpha value is -1.88. The first-order chi connectivity index (χ1) is 9.06. The second-order valence-electron chi connectivity index (χ2n) is 3.97. The van der Waals surface area contributed by atoms with Gasteiger partial charge in [0.25, 0.3) is 0 Å². The Labute approximate surface area is 118 Å². The Balaban J connectivity index is 2.04. The van der Waals surface area contributed by atoms with Crippen molar-refractivity contribution >= 4 is 27.6 Å². The van der Waals surface area contributed by atoms with Gasteiger partial charge in [-0.2, -0.15) is 0 Å². The lowest BCUT2D eigenvalue weighted by atomic mass is 10.2. The van der Waals surface area contributed by atoms with Gasteiger partial charge in [-0.1, -0.05) is 22.0 Å². The van der Waals surface area contributed by atoms with Crippen molar-refractivity contribution in [3.05, 3.63) is 63.9 Å². The minimum absolute atomic E-state index is 0.244. The predicted octanol–water partition coefficient (Wildman–Crippen LogP) is 3.90. The van der Waals surface area contributed by atoms with Gasteiger partial charge in [0.2, 0.25) is 0 Å². The van der Waals surface area contributed by atoms with Crippen LogP contribution in [0, 0.1) is 5.82 Å². The van der Waals surface area contributed by atoms with E-state index >= 15 is 0 Å². The lowest BCUT2D eigenvalue weighted by Crippen LogP contribution is -2.01. The molecule has 3 nitrogen and oxygen atoms in total. The normalized spacial score (nSPS) is 10.2. The molecule has 2 aromatic rings. The molecular formula is C14H11BrFNO2. The molecule has 2 aromatic carbocycles. The summed E-state index contributed by atoms with van der Waals surface area (Å²) >= 11 is 3.29. The Kier molecular flexibility index (Phi) is 4.16. The molecule has 0 saturated heterocycles. The number of anilines is 1. The standard InChI is InChI=1S/C14H11BrFNO2/c15-13-7-11(16)4-1-10(13)8-17-12-5-2-9(3-6-12)14(18)19/h1-7,17H,8H2,(H,18,19). The highest BCUT2D eigenvalue weighted by atomic mass is 79.9. The lowest BCUT2D eigenvalue weighted by molar-refractivity contribution is 0.0697. The van der Waals surface area contributed by atoms with Gasteiger partial charge >= 0.3 is 5.97 Å². The summed E-state index contributed by atoms with van der Waals surface area (Å²) in [5, 5.41) is 11.9. The number of nitrogens with one attached hydrogen (secondary N) is 1. The second-order valence-corrected chi connectivity index (χ2v) is 4.83. The van der Waals surface area contributed by atoms with E-state index in [1.807, 2.05) is 0 Å². The maximum atomic E-state index is 12.9. The Morgan fingerprint density at radius 1 is 1.21 bits per heavy atom. The molecule has 19 heavy (non-hydrogen) atoms. The summed E-state index contributed by atoms with van der Waals surface area (Å²) in [6.45, 7) is 0.521. The number of aromatic carboxylic acids is 1. The zero-order chi connectivity index (χ0) is 13.8. The van der Waals surface area contributed by atoms with Crippen LogP contribution in [0.25, 0.3) is 0 Å². The average Bonchev–Trinajstić information content (AvgIpc) is 2.38. The molecule has 2 N–H and O–H groups in total. The van der Waals surface area contributed by atoms with Crippen LogP contribution in [0.3, 0.4) is 0 Å². The largest absolute Gasteiger partial charge is 0.478 e. The van der Waals surface area contributed by atoms with Crippen LogP contribution in [0.2, 0.25) is 0 Å². The van der Waals surface area contributed by atoms with Crippen molar-refractivity contribution in [2.45, 2.75) is 6.54 Å². The van der Waals surface area contributed by atoms with Crippen LogP contribution in [-0.2, 0) is 6.54 Å². The van der Waals surface area contributed by atoms with Gasteiger partial charge in [0.15, 0.2) is 0 Å². The highest BCUT2D eigenvalue weighted by Gasteiger charge is 2.03. The molecule has 5 heteroatoms. The van der Waals surface area contributed by atoms with Crippen LogP contribution in [0.5, 0.6) is 0 Å². The summed E-state index contributed by atoms with van der Waals surface area (Å²) in [5.74, 6) is -1.24. The first-order valence-corrected chi connectivity index (χ1v) is 6.37. The van der Waals surface area contributed by atoms with Crippen molar-refractivity contribution in [2.24, 2.45) is 0 Å². The first-order valence-electron chi connectivity index (χ1n) is 5.57. The van der Waals surface area contributed by atoms with Crippen LogP contribution in [0.4, 0.5) is 10.1 Å². The maximum Gasteiger partial charge on any atom is 0.335 e. The summed E-state index contributed by atoms with van der Waals surface area (Å²) in [6.07, 6.45) is 0.